The summed E-state index contributed by atoms with van der Waals surface area (Å²) in [5, 5.41) is 0. The van der Waals surface area contributed by atoms with Crippen molar-refractivity contribution in [1.82, 2.24) is 4.98 Å². The summed E-state index contributed by atoms with van der Waals surface area (Å²) < 4.78 is 0. The summed E-state index contributed by atoms with van der Waals surface area (Å²) in [6.45, 7) is 1.96. The number of pyridine rings is 1. The van der Waals surface area contributed by atoms with Crippen LogP contribution in [0.1, 0.15) is 17.0 Å². The Kier molecular flexibility index (Phi) is 4.02. The zero-order chi connectivity index (χ0) is 12.8. The van der Waals surface area contributed by atoms with E-state index in [4.69, 9.17) is 0 Å². The van der Waals surface area contributed by atoms with Crippen LogP contribution in [0.5, 0.6) is 0 Å². The van der Waals surface area contributed by atoms with E-state index in [2.05, 4.69) is 4.98 Å². The van der Waals surface area contributed by atoms with E-state index in [1.807, 2.05) is 61.5 Å². The lowest BCUT2D eigenvalue weighted by atomic mass is 10.1. The van der Waals surface area contributed by atoms with Gasteiger partial charge in [0, 0.05) is 23.4 Å². The van der Waals surface area contributed by atoms with Gasteiger partial charge in [0.1, 0.15) is 6.29 Å². The number of hydrogen-bond acceptors (Lipinski definition) is 2. The number of carbonyl (C=O) groups is 1. The molecule has 0 bridgehead atoms. The monoisotopic (exact) mass is 237 g/mol. The van der Waals surface area contributed by atoms with Crippen LogP contribution in [0.2, 0.25) is 0 Å². The summed E-state index contributed by atoms with van der Waals surface area (Å²) >= 11 is 0. The standard InChI is InChI=1S/C16H15NO/c1-13-6-5-9-16(17-13)11-10-15(12-18)14-7-3-2-4-8-14/h2-10,12H,11H2,1H3. The van der Waals surface area contributed by atoms with Crippen LogP contribution in [0.4, 0.5) is 0 Å². The van der Waals surface area contributed by atoms with E-state index in [0.717, 1.165) is 23.2 Å². The predicted octanol–water partition coefficient (Wildman–Crippen LogP) is 3.22. The highest BCUT2D eigenvalue weighted by Crippen LogP contribution is 2.12. The molecule has 0 spiro atoms. The van der Waals surface area contributed by atoms with E-state index in [-0.39, 0.29) is 0 Å². The van der Waals surface area contributed by atoms with Gasteiger partial charge in [-0.05, 0) is 24.6 Å². The maximum atomic E-state index is 11.1. The molecule has 0 atom stereocenters. The average molecular weight is 237 g/mol. The van der Waals surface area contributed by atoms with Gasteiger partial charge in [-0.1, -0.05) is 42.5 Å². The first-order valence-corrected chi connectivity index (χ1v) is 5.93. The molecule has 0 saturated heterocycles. The van der Waals surface area contributed by atoms with Crippen molar-refractivity contribution in [2.45, 2.75) is 13.3 Å². The van der Waals surface area contributed by atoms with Crippen molar-refractivity contribution in [3.05, 3.63) is 71.6 Å². The van der Waals surface area contributed by atoms with Crippen molar-refractivity contribution >= 4 is 11.9 Å². The van der Waals surface area contributed by atoms with Crippen molar-refractivity contribution in [3.8, 4) is 0 Å². The molecule has 0 aliphatic carbocycles. The topological polar surface area (TPSA) is 30.0 Å². The van der Waals surface area contributed by atoms with Gasteiger partial charge < -0.3 is 0 Å². The summed E-state index contributed by atoms with van der Waals surface area (Å²) in [5.74, 6) is 0. The Hall–Kier alpha value is -2.22. The van der Waals surface area contributed by atoms with Crippen LogP contribution in [0.3, 0.4) is 0 Å². The quantitative estimate of drug-likeness (QED) is 0.603. The van der Waals surface area contributed by atoms with Crippen LogP contribution >= 0.6 is 0 Å². The van der Waals surface area contributed by atoms with Gasteiger partial charge in [0.25, 0.3) is 0 Å². The Balaban J connectivity index is 2.19. The minimum atomic E-state index is 0.671. The van der Waals surface area contributed by atoms with Crippen LogP contribution in [0.25, 0.3) is 5.57 Å². The van der Waals surface area contributed by atoms with Crippen molar-refractivity contribution in [2.75, 3.05) is 0 Å². The van der Waals surface area contributed by atoms with Gasteiger partial charge in [-0.2, -0.15) is 0 Å². The lowest BCUT2D eigenvalue weighted by Gasteiger charge is -2.01. The number of aryl methyl sites for hydroxylation is 1. The SMILES string of the molecule is Cc1cccc(CC=C(C=O)c2ccccc2)n1. The predicted molar refractivity (Wildman–Crippen MR) is 73.2 cm³/mol. The molecule has 0 fully saturated rings. The Labute approximate surface area is 107 Å². The second-order valence-corrected chi connectivity index (χ2v) is 4.12. The third kappa shape index (κ3) is 3.14. The largest absolute Gasteiger partial charge is 0.298 e. The molecule has 2 rings (SSSR count). The fourth-order valence-corrected chi connectivity index (χ4v) is 1.79. The highest BCUT2D eigenvalue weighted by atomic mass is 16.1. The van der Waals surface area contributed by atoms with Crippen LogP contribution < -0.4 is 0 Å². The number of rotatable bonds is 4. The fourth-order valence-electron chi connectivity index (χ4n) is 1.79. The number of allylic oxidation sites excluding steroid dienone is 2. The van der Waals surface area contributed by atoms with Crippen LogP contribution in [-0.2, 0) is 11.2 Å². The van der Waals surface area contributed by atoms with Gasteiger partial charge >= 0.3 is 0 Å². The molecule has 0 aliphatic rings. The lowest BCUT2D eigenvalue weighted by Crippen LogP contribution is -1.92. The van der Waals surface area contributed by atoms with E-state index >= 15 is 0 Å². The van der Waals surface area contributed by atoms with Gasteiger partial charge in [0.2, 0.25) is 0 Å². The molecule has 1 heterocycles. The molecule has 0 amide bonds. The van der Waals surface area contributed by atoms with Gasteiger partial charge in [-0.3, -0.25) is 9.78 Å². The number of hydrogen-bond donors (Lipinski definition) is 0. The second-order valence-electron chi connectivity index (χ2n) is 4.12. The smallest absolute Gasteiger partial charge is 0.150 e. The van der Waals surface area contributed by atoms with E-state index in [0.29, 0.717) is 12.0 Å². The van der Waals surface area contributed by atoms with Gasteiger partial charge in [0.05, 0.1) is 0 Å². The van der Waals surface area contributed by atoms with Crippen molar-refractivity contribution in [3.63, 3.8) is 0 Å². The minimum Gasteiger partial charge on any atom is -0.298 e. The maximum absolute atomic E-state index is 11.1. The molecule has 0 N–H and O–H groups in total. The molecule has 1 aromatic carbocycles. The first-order chi connectivity index (χ1) is 8.79. The highest BCUT2D eigenvalue weighted by Gasteiger charge is 1.99. The molecule has 18 heavy (non-hydrogen) atoms. The number of nitrogens with zero attached hydrogens (tertiary/aromatic N) is 1. The maximum Gasteiger partial charge on any atom is 0.150 e. The zero-order valence-electron chi connectivity index (χ0n) is 10.3. The van der Waals surface area contributed by atoms with Crippen LogP contribution in [0.15, 0.2) is 54.6 Å². The van der Waals surface area contributed by atoms with Gasteiger partial charge in [-0.15, -0.1) is 0 Å². The Morgan fingerprint density at radius 1 is 1.11 bits per heavy atom. The third-order valence-electron chi connectivity index (χ3n) is 2.71. The summed E-state index contributed by atoms with van der Waals surface area (Å²) in [5.41, 5.74) is 3.62. The number of benzene rings is 1. The summed E-state index contributed by atoms with van der Waals surface area (Å²) in [4.78, 5) is 15.5. The minimum absolute atomic E-state index is 0.671. The van der Waals surface area contributed by atoms with Crippen molar-refractivity contribution < 1.29 is 4.79 Å². The average Bonchev–Trinajstić information content (AvgIpc) is 2.41. The fraction of sp³-hybridized carbons (Fsp3) is 0.125. The lowest BCUT2D eigenvalue weighted by molar-refractivity contribution is -0.103. The Morgan fingerprint density at radius 3 is 2.56 bits per heavy atom. The van der Waals surface area contributed by atoms with Crippen molar-refractivity contribution in [1.29, 1.82) is 0 Å². The first-order valence-electron chi connectivity index (χ1n) is 5.93. The van der Waals surface area contributed by atoms with E-state index in [9.17, 15) is 4.79 Å². The van der Waals surface area contributed by atoms with Gasteiger partial charge in [-0.25, -0.2) is 0 Å². The molecule has 1 aromatic heterocycles. The molecule has 90 valence electrons. The van der Waals surface area contributed by atoms with Crippen LogP contribution in [-0.4, -0.2) is 11.3 Å². The van der Waals surface area contributed by atoms with E-state index in [1.54, 1.807) is 0 Å². The number of aldehydes is 1. The second kappa shape index (κ2) is 5.92. The third-order valence-corrected chi connectivity index (χ3v) is 2.71. The number of carbonyl (C=O) groups excluding carboxylic acids is 1. The highest BCUT2D eigenvalue weighted by molar-refractivity contribution is 6.06. The molecule has 2 aromatic rings. The normalized spacial score (nSPS) is 11.3. The van der Waals surface area contributed by atoms with Crippen LogP contribution in [0, 0.1) is 6.92 Å². The first kappa shape index (κ1) is 12.2. The Morgan fingerprint density at radius 2 is 1.89 bits per heavy atom. The summed E-state index contributed by atoms with van der Waals surface area (Å²) in [6, 6.07) is 15.6. The summed E-state index contributed by atoms with van der Waals surface area (Å²) in [7, 11) is 0. The molecule has 0 aliphatic heterocycles. The summed E-state index contributed by atoms with van der Waals surface area (Å²) in [6.07, 6.45) is 3.49. The van der Waals surface area contributed by atoms with E-state index < -0.39 is 0 Å². The molecular weight excluding hydrogens is 222 g/mol. The molecular formula is C16H15NO. The Bertz CT molecular complexity index is 558. The molecule has 2 nitrogen and oxygen atoms in total. The van der Waals surface area contributed by atoms with E-state index in [1.165, 1.54) is 0 Å². The molecule has 0 saturated carbocycles. The molecule has 0 radical (unpaired) electrons. The van der Waals surface area contributed by atoms with Gasteiger partial charge in [0.15, 0.2) is 0 Å². The number of aromatic nitrogens is 1. The molecule has 0 unspecified atom stereocenters. The molecule has 2 heteroatoms. The van der Waals surface area contributed by atoms with Crippen molar-refractivity contribution in [2.24, 2.45) is 0 Å². The zero-order valence-corrected chi connectivity index (χ0v) is 10.3.